The molecule has 0 atom stereocenters. The highest BCUT2D eigenvalue weighted by Crippen LogP contribution is 2.15. The smallest absolute Gasteiger partial charge is 0.376 e. The number of benzene rings is 1. The summed E-state index contributed by atoms with van der Waals surface area (Å²) < 4.78 is 6.43. The highest BCUT2D eigenvalue weighted by Gasteiger charge is 2.14. The van der Waals surface area contributed by atoms with Crippen LogP contribution in [0.3, 0.4) is 0 Å². The number of hydrogen-bond donors (Lipinski definition) is 1. The molecule has 0 aliphatic carbocycles. The van der Waals surface area contributed by atoms with Crippen LogP contribution in [0, 0.1) is 0 Å². The summed E-state index contributed by atoms with van der Waals surface area (Å²) in [6.07, 6.45) is 0. The lowest BCUT2D eigenvalue weighted by molar-refractivity contribution is 0.0680. The maximum Gasteiger partial charge on any atom is 0.376 e. The van der Waals surface area contributed by atoms with Gasteiger partial charge in [-0.25, -0.2) is 4.79 Å². The summed E-state index contributed by atoms with van der Waals surface area (Å²) in [5, 5.41) is 19.2. The van der Waals surface area contributed by atoms with E-state index in [0.717, 1.165) is 4.68 Å². The van der Waals surface area contributed by atoms with Crippen LogP contribution < -0.4 is 4.74 Å². The van der Waals surface area contributed by atoms with E-state index in [-0.39, 0.29) is 5.82 Å². The number of nitrogens with zero attached hydrogens (tertiary/aromatic N) is 4. The molecule has 0 spiro atoms. The number of ether oxygens (including phenoxy) is 1. The van der Waals surface area contributed by atoms with Gasteiger partial charge in [-0.3, -0.25) is 0 Å². The van der Waals surface area contributed by atoms with Gasteiger partial charge in [-0.05, 0) is 41.6 Å². The zero-order chi connectivity index (χ0) is 12.3. The Bertz CT molecular complexity index is 521. The lowest BCUT2D eigenvalue weighted by Crippen LogP contribution is -2.09. The number of carboxylic acids is 1. The maximum atomic E-state index is 10.8. The molecular formula is C10H10N4O3. The summed E-state index contributed by atoms with van der Waals surface area (Å²) >= 11 is 0. The maximum absolute atomic E-state index is 10.8. The summed E-state index contributed by atoms with van der Waals surface area (Å²) in [5.74, 6) is -0.695. The van der Waals surface area contributed by atoms with Crippen LogP contribution in [0.25, 0.3) is 5.69 Å². The van der Waals surface area contributed by atoms with Crippen molar-refractivity contribution in [3.8, 4) is 11.4 Å². The highest BCUT2D eigenvalue weighted by atomic mass is 16.5. The third-order valence-corrected chi connectivity index (χ3v) is 2.05. The van der Waals surface area contributed by atoms with Crippen molar-refractivity contribution in [3.05, 3.63) is 30.1 Å². The van der Waals surface area contributed by atoms with Gasteiger partial charge in [0.2, 0.25) is 0 Å². The van der Waals surface area contributed by atoms with Crippen molar-refractivity contribution in [2.45, 2.75) is 6.92 Å². The largest absolute Gasteiger partial charge is 0.494 e. The molecule has 1 N–H and O–H groups in total. The second-order valence-corrected chi connectivity index (χ2v) is 3.15. The minimum Gasteiger partial charge on any atom is -0.494 e. The van der Waals surface area contributed by atoms with Crippen molar-refractivity contribution < 1.29 is 14.6 Å². The topological polar surface area (TPSA) is 90.1 Å². The van der Waals surface area contributed by atoms with Crippen LogP contribution in [-0.4, -0.2) is 37.9 Å². The van der Waals surface area contributed by atoms with Crippen LogP contribution in [0.15, 0.2) is 24.3 Å². The monoisotopic (exact) mass is 234 g/mol. The first-order valence-electron chi connectivity index (χ1n) is 4.97. The molecule has 1 heterocycles. The predicted octanol–water partition coefficient (Wildman–Crippen LogP) is 0.759. The van der Waals surface area contributed by atoms with E-state index in [1.807, 2.05) is 6.92 Å². The van der Waals surface area contributed by atoms with Gasteiger partial charge in [0.1, 0.15) is 5.75 Å². The third kappa shape index (κ3) is 2.22. The summed E-state index contributed by atoms with van der Waals surface area (Å²) in [6, 6.07) is 6.83. The Morgan fingerprint density at radius 1 is 1.41 bits per heavy atom. The SMILES string of the molecule is CCOc1ccc(-n2nnnc2C(=O)O)cc1. The summed E-state index contributed by atoms with van der Waals surface area (Å²) in [4.78, 5) is 10.8. The van der Waals surface area contributed by atoms with Gasteiger partial charge in [0.05, 0.1) is 12.3 Å². The highest BCUT2D eigenvalue weighted by molar-refractivity contribution is 5.83. The van der Waals surface area contributed by atoms with Gasteiger partial charge in [0, 0.05) is 0 Å². The fraction of sp³-hybridized carbons (Fsp3) is 0.200. The van der Waals surface area contributed by atoms with Crippen molar-refractivity contribution in [2.75, 3.05) is 6.61 Å². The van der Waals surface area contributed by atoms with E-state index < -0.39 is 5.97 Å². The Labute approximate surface area is 96.6 Å². The molecule has 7 heteroatoms. The average molecular weight is 234 g/mol. The number of aromatic nitrogens is 4. The molecule has 0 radical (unpaired) electrons. The average Bonchev–Trinajstić information content (AvgIpc) is 2.79. The molecule has 0 unspecified atom stereocenters. The molecule has 17 heavy (non-hydrogen) atoms. The van der Waals surface area contributed by atoms with E-state index in [9.17, 15) is 4.79 Å². The third-order valence-electron chi connectivity index (χ3n) is 2.05. The molecule has 0 bridgehead atoms. The molecule has 1 aromatic heterocycles. The first kappa shape index (κ1) is 11.1. The lowest BCUT2D eigenvalue weighted by atomic mass is 10.3. The van der Waals surface area contributed by atoms with E-state index in [4.69, 9.17) is 9.84 Å². The zero-order valence-corrected chi connectivity index (χ0v) is 9.07. The molecule has 0 aliphatic heterocycles. The summed E-state index contributed by atoms with van der Waals surface area (Å²) in [5.41, 5.74) is 0.566. The van der Waals surface area contributed by atoms with Gasteiger partial charge < -0.3 is 9.84 Å². The normalized spacial score (nSPS) is 10.2. The Kier molecular flexibility index (Phi) is 2.99. The fourth-order valence-corrected chi connectivity index (χ4v) is 1.34. The van der Waals surface area contributed by atoms with E-state index in [0.29, 0.717) is 18.0 Å². The van der Waals surface area contributed by atoms with Crippen LogP contribution in [0.4, 0.5) is 0 Å². The van der Waals surface area contributed by atoms with E-state index in [1.165, 1.54) is 0 Å². The molecule has 0 saturated carbocycles. The number of aromatic carboxylic acids is 1. The van der Waals surface area contributed by atoms with Crippen molar-refractivity contribution in [2.24, 2.45) is 0 Å². The van der Waals surface area contributed by atoms with E-state index in [1.54, 1.807) is 24.3 Å². The van der Waals surface area contributed by atoms with Gasteiger partial charge in [-0.2, -0.15) is 4.68 Å². The number of hydrogen-bond acceptors (Lipinski definition) is 5. The fourth-order valence-electron chi connectivity index (χ4n) is 1.34. The summed E-state index contributed by atoms with van der Waals surface area (Å²) in [7, 11) is 0. The quantitative estimate of drug-likeness (QED) is 0.839. The zero-order valence-electron chi connectivity index (χ0n) is 9.07. The van der Waals surface area contributed by atoms with Gasteiger partial charge in [0.25, 0.3) is 5.82 Å². The minimum atomic E-state index is -1.18. The molecule has 88 valence electrons. The predicted molar refractivity (Wildman–Crippen MR) is 57.3 cm³/mol. The van der Waals surface area contributed by atoms with Crippen LogP contribution in [0.2, 0.25) is 0 Å². The van der Waals surface area contributed by atoms with Gasteiger partial charge in [0.15, 0.2) is 0 Å². The standard InChI is InChI=1S/C10H10N4O3/c1-2-17-8-5-3-7(4-6-8)14-9(10(15)16)11-12-13-14/h3-6H,2H2,1H3,(H,15,16). The van der Waals surface area contributed by atoms with Gasteiger partial charge in [-0.15, -0.1) is 5.10 Å². The Morgan fingerprint density at radius 3 is 2.71 bits per heavy atom. The van der Waals surface area contributed by atoms with E-state index in [2.05, 4.69) is 15.5 Å². The molecule has 0 fully saturated rings. The molecule has 0 aliphatic rings. The Morgan fingerprint density at radius 2 is 2.12 bits per heavy atom. The van der Waals surface area contributed by atoms with Crippen LogP contribution in [0.5, 0.6) is 5.75 Å². The summed E-state index contributed by atoms with van der Waals surface area (Å²) in [6.45, 7) is 2.46. The molecule has 1 aromatic carbocycles. The van der Waals surface area contributed by atoms with E-state index >= 15 is 0 Å². The van der Waals surface area contributed by atoms with Crippen LogP contribution in [0.1, 0.15) is 17.5 Å². The Balaban J connectivity index is 2.33. The molecular weight excluding hydrogens is 224 g/mol. The van der Waals surface area contributed by atoms with Gasteiger partial charge >= 0.3 is 5.97 Å². The first-order chi connectivity index (χ1) is 8.22. The number of tetrazole rings is 1. The molecule has 0 amide bonds. The molecule has 0 saturated heterocycles. The van der Waals surface area contributed by atoms with Crippen LogP contribution >= 0.6 is 0 Å². The number of rotatable bonds is 4. The minimum absolute atomic E-state index is 0.228. The van der Waals surface area contributed by atoms with Crippen molar-refractivity contribution in [1.29, 1.82) is 0 Å². The number of carboxylic acid groups (broad SMARTS) is 1. The second-order valence-electron chi connectivity index (χ2n) is 3.15. The molecule has 7 nitrogen and oxygen atoms in total. The number of carbonyl (C=O) groups is 1. The van der Waals surface area contributed by atoms with Crippen LogP contribution in [-0.2, 0) is 0 Å². The molecule has 2 rings (SSSR count). The lowest BCUT2D eigenvalue weighted by Gasteiger charge is -2.04. The van der Waals surface area contributed by atoms with Crippen molar-refractivity contribution >= 4 is 5.97 Å². The van der Waals surface area contributed by atoms with Crippen molar-refractivity contribution in [1.82, 2.24) is 20.2 Å². The first-order valence-corrected chi connectivity index (χ1v) is 4.97. The molecule has 2 aromatic rings. The van der Waals surface area contributed by atoms with Crippen molar-refractivity contribution in [3.63, 3.8) is 0 Å². The van der Waals surface area contributed by atoms with Gasteiger partial charge in [-0.1, -0.05) is 0 Å². The second kappa shape index (κ2) is 4.60. The Hall–Kier alpha value is -2.44.